The fourth-order valence-electron chi connectivity index (χ4n) is 3.08. The quantitative estimate of drug-likeness (QED) is 0.665. The van der Waals surface area contributed by atoms with E-state index in [-0.39, 0.29) is 12.1 Å². The molecule has 1 unspecified atom stereocenters. The van der Waals surface area contributed by atoms with Crippen LogP contribution in [0.5, 0.6) is 11.5 Å². The van der Waals surface area contributed by atoms with Gasteiger partial charge in [0.1, 0.15) is 0 Å². The Labute approximate surface area is 161 Å². The number of benzene rings is 1. The van der Waals surface area contributed by atoms with E-state index in [1.54, 1.807) is 25.2 Å². The lowest BCUT2D eigenvalue weighted by Crippen LogP contribution is -2.52. The van der Waals surface area contributed by atoms with Crippen molar-refractivity contribution in [1.82, 2.24) is 15.1 Å². The second kappa shape index (κ2) is 10.8. The predicted molar refractivity (Wildman–Crippen MR) is 106 cm³/mol. The van der Waals surface area contributed by atoms with Crippen LogP contribution >= 0.6 is 0 Å². The number of carbonyl (C=O) groups is 1. The van der Waals surface area contributed by atoms with Gasteiger partial charge in [-0.05, 0) is 31.2 Å². The second-order valence-electron chi connectivity index (χ2n) is 6.62. The monoisotopic (exact) mass is 377 g/mol. The minimum absolute atomic E-state index is 0.0173. The van der Waals surface area contributed by atoms with Crippen LogP contribution in [0.2, 0.25) is 0 Å². The highest BCUT2D eigenvalue weighted by Gasteiger charge is 2.24. The lowest BCUT2D eigenvalue weighted by atomic mass is 10.1. The maximum atomic E-state index is 12.1. The van der Waals surface area contributed by atoms with Crippen LogP contribution in [0.1, 0.15) is 5.56 Å². The van der Waals surface area contributed by atoms with E-state index in [9.17, 15) is 4.79 Å². The van der Waals surface area contributed by atoms with Gasteiger partial charge in [-0.25, -0.2) is 4.79 Å². The summed E-state index contributed by atoms with van der Waals surface area (Å²) in [4.78, 5) is 16.1. The van der Waals surface area contributed by atoms with Gasteiger partial charge in [-0.1, -0.05) is 12.1 Å². The first-order chi connectivity index (χ1) is 13.1. The Morgan fingerprint density at radius 3 is 2.89 bits per heavy atom. The number of morpholine rings is 1. The Bertz CT molecular complexity index is 623. The number of hydrogen-bond acceptors (Lipinski definition) is 5. The lowest BCUT2D eigenvalue weighted by molar-refractivity contribution is -0.0270. The molecule has 1 aliphatic heterocycles. The predicted octanol–water partition coefficient (Wildman–Crippen LogP) is 1.77. The van der Waals surface area contributed by atoms with Gasteiger partial charge in [0.25, 0.3) is 0 Å². The Kier molecular flexibility index (Phi) is 8.42. The molecule has 0 aliphatic carbocycles. The Hall–Kier alpha value is -2.25. The summed E-state index contributed by atoms with van der Waals surface area (Å²) >= 11 is 0. The van der Waals surface area contributed by atoms with Gasteiger partial charge in [-0.15, -0.1) is 6.58 Å². The fourth-order valence-corrected chi connectivity index (χ4v) is 3.08. The van der Waals surface area contributed by atoms with E-state index >= 15 is 0 Å². The van der Waals surface area contributed by atoms with Crippen LogP contribution in [0.15, 0.2) is 30.9 Å². The third-order valence-corrected chi connectivity index (χ3v) is 4.57. The highest BCUT2D eigenvalue weighted by molar-refractivity contribution is 5.74. The van der Waals surface area contributed by atoms with E-state index in [2.05, 4.69) is 29.9 Å². The number of carbonyl (C=O) groups excluding carboxylic acids is 1. The standard InChI is InChI=1S/C20H31N3O4/c1-5-9-21-20(24)23-11-12-27-17(15-23)14-22(2)10-8-16-6-7-18(25-3)19(13-16)26-4/h5-7,13,17H,1,8-12,14-15H2,2-4H3,(H,21,24). The van der Waals surface area contributed by atoms with Gasteiger partial charge in [-0.2, -0.15) is 0 Å². The number of urea groups is 1. The molecule has 1 fully saturated rings. The van der Waals surface area contributed by atoms with E-state index in [0.29, 0.717) is 26.2 Å². The van der Waals surface area contributed by atoms with Crippen LogP contribution < -0.4 is 14.8 Å². The molecule has 0 spiro atoms. The highest BCUT2D eigenvalue weighted by atomic mass is 16.5. The molecule has 1 heterocycles. The van der Waals surface area contributed by atoms with Crippen molar-refractivity contribution < 1.29 is 19.0 Å². The smallest absolute Gasteiger partial charge is 0.317 e. The lowest BCUT2D eigenvalue weighted by Gasteiger charge is -2.34. The molecule has 2 rings (SSSR count). The zero-order chi connectivity index (χ0) is 19.6. The number of hydrogen-bond donors (Lipinski definition) is 1. The molecule has 27 heavy (non-hydrogen) atoms. The van der Waals surface area contributed by atoms with E-state index in [0.717, 1.165) is 31.0 Å². The van der Waals surface area contributed by atoms with Gasteiger partial charge >= 0.3 is 6.03 Å². The first-order valence-corrected chi connectivity index (χ1v) is 9.22. The summed E-state index contributed by atoms with van der Waals surface area (Å²) in [6.45, 7) is 7.55. The number of nitrogens with zero attached hydrogens (tertiary/aromatic N) is 2. The summed E-state index contributed by atoms with van der Waals surface area (Å²) in [5.74, 6) is 1.48. The molecule has 150 valence electrons. The van der Waals surface area contributed by atoms with Gasteiger partial charge < -0.3 is 29.3 Å². The van der Waals surface area contributed by atoms with E-state index in [1.165, 1.54) is 5.56 Å². The van der Waals surface area contributed by atoms with Crippen LogP contribution in [0.4, 0.5) is 4.79 Å². The molecule has 0 saturated carbocycles. The summed E-state index contributed by atoms with van der Waals surface area (Å²) in [7, 11) is 5.35. The largest absolute Gasteiger partial charge is 0.493 e. The Morgan fingerprint density at radius 2 is 2.19 bits per heavy atom. The van der Waals surface area contributed by atoms with Crippen molar-refractivity contribution in [2.45, 2.75) is 12.5 Å². The van der Waals surface area contributed by atoms with Crippen molar-refractivity contribution in [3.8, 4) is 11.5 Å². The average Bonchev–Trinajstić information content (AvgIpc) is 2.70. The van der Waals surface area contributed by atoms with Gasteiger partial charge in [0, 0.05) is 32.7 Å². The molecule has 7 heteroatoms. The van der Waals surface area contributed by atoms with Crippen LogP contribution in [-0.2, 0) is 11.2 Å². The van der Waals surface area contributed by atoms with Crippen molar-refractivity contribution in [1.29, 1.82) is 0 Å². The van der Waals surface area contributed by atoms with Gasteiger partial charge in [-0.3, -0.25) is 0 Å². The van der Waals surface area contributed by atoms with Crippen molar-refractivity contribution in [2.24, 2.45) is 0 Å². The molecule has 1 N–H and O–H groups in total. The summed E-state index contributed by atoms with van der Waals surface area (Å²) in [5.41, 5.74) is 1.19. The molecular weight excluding hydrogens is 346 g/mol. The van der Waals surface area contributed by atoms with E-state index < -0.39 is 0 Å². The second-order valence-corrected chi connectivity index (χ2v) is 6.62. The van der Waals surface area contributed by atoms with Crippen LogP contribution in [0.3, 0.4) is 0 Å². The first-order valence-electron chi connectivity index (χ1n) is 9.22. The molecule has 0 bridgehead atoms. The van der Waals surface area contributed by atoms with Crippen molar-refractivity contribution in [3.63, 3.8) is 0 Å². The molecular formula is C20H31N3O4. The highest BCUT2D eigenvalue weighted by Crippen LogP contribution is 2.27. The fraction of sp³-hybridized carbons (Fsp3) is 0.550. The normalized spacial score (nSPS) is 16.9. The minimum atomic E-state index is -0.0591. The number of likely N-dealkylation sites (N-methyl/N-ethyl adjacent to an activating group) is 1. The Balaban J connectivity index is 1.80. The molecule has 1 atom stereocenters. The Morgan fingerprint density at radius 1 is 1.41 bits per heavy atom. The zero-order valence-corrected chi connectivity index (χ0v) is 16.6. The number of methoxy groups -OCH3 is 2. The number of nitrogens with one attached hydrogen (secondary N) is 1. The molecule has 2 amide bonds. The maximum Gasteiger partial charge on any atom is 0.317 e. The molecule has 7 nitrogen and oxygen atoms in total. The summed E-state index contributed by atoms with van der Waals surface area (Å²) in [6, 6.07) is 5.93. The van der Waals surface area contributed by atoms with Crippen LogP contribution in [0, 0.1) is 0 Å². The molecule has 0 aromatic heterocycles. The average molecular weight is 377 g/mol. The number of ether oxygens (including phenoxy) is 3. The molecule has 1 aromatic carbocycles. The molecule has 1 aromatic rings. The SMILES string of the molecule is C=CCNC(=O)N1CCOC(CN(C)CCc2ccc(OC)c(OC)c2)C1. The van der Waals surface area contributed by atoms with E-state index in [1.807, 2.05) is 12.1 Å². The van der Waals surface area contributed by atoms with Crippen LogP contribution in [0.25, 0.3) is 0 Å². The first kappa shape index (κ1) is 21.1. The number of rotatable bonds is 9. The summed E-state index contributed by atoms with van der Waals surface area (Å²) in [5, 5.41) is 2.82. The van der Waals surface area contributed by atoms with E-state index in [4.69, 9.17) is 14.2 Å². The summed E-state index contributed by atoms with van der Waals surface area (Å²) < 4.78 is 16.5. The third-order valence-electron chi connectivity index (χ3n) is 4.57. The number of amides is 2. The molecule has 0 radical (unpaired) electrons. The van der Waals surface area contributed by atoms with Crippen molar-refractivity contribution in [3.05, 3.63) is 36.4 Å². The summed E-state index contributed by atoms with van der Waals surface area (Å²) in [6.07, 6.45) is 2.59. The van der Waals surface area contributed by atoms with Gasteiger partial charge in [0.05, 0.1) is 26.9 Å². The van der Waals surface area contributed by atoms with Crippen LogP contribution in [-0.4, -0.2) is 82.5 Å². The topological polar surface area (TPSA) is 63.3 Å². The maximum absolute atomic E-state index is 12.1. The molecule has 1 saturated heterocycles. The minimum Gasteiger partial charge on any atom is -0.493 e. The zero-order valence-electron chi connectivity index (χ0n) is 16.6. The molecule has 1 aliphatic rings. The van der Waals surface area contributed by atoms with Gasteiger partial charge in [0.2, 0.25) is 0 Å². The third kappa shape index (κ3) is 6.45. The van der Waals surface area contributed by atoms with Crippen molar-refractivity contribution in [2.75, 3.05) is 60.6 Å². The van der Waals surface area contributed by atoms with Gasteiger partial charge in [0.15, 0.2) is 11.5 Å². The van der Waals surface area contributed by atoms with Crippen molar-refractivity contribution >= 4 is 6.03 Å².